The average Bonchev–Trinajstić information content (AvgIpc) is 2.98. The molecule has 0 radical (unpaired) electrons. The Morgan fingerprint density at radius 2 is 1.81 bits per heavy atom. The van der Waals surface area contributed by atoms with E-state index < -0.39 is 22.9 Å². The molecule has 1 aromatic rings. The second-order valence-electron chi connectivity index (χ2n) is 9.10. The highest BCUT2D eigenvalue weighted by molar-refractivity contribution is 5.97. The summed E-state index contributed by atoms with van der Waals surface area (Å²) in [6.07, 6.45) is 0.918. The van der Waals surface area contributed by atoms with Gasteiger partial charge in [-0.25, -0.2) is 0 Å². The molecule has 1 N–H and O–H groups in total. The predicted molar refractivity (Wildman–Crippen MR) is 113 cm³/mol. The first kappa shape index (κ1) is 21.0. The van der Waals surface area contributed by atoms with Crippen LogP contribution in [-0.4, -0.2) is 48.7 Å². The van der Waals surface area contributed by atoms with Crippen molar-refractivity contribution in [2.24, 2.45) is 16.3 Å². The molecule has 5 aliphatic rings. The van der Waals surface area contributed by atoms with Crippen molar-refractivity contribution >= 4 is 18.0 Å². The fourth-order valence-electron chi connectivity index (χ4n) is 6.09. The third-order valence-electron chi connectivity index (χ3n) is 7.66. The Bertz CT molecular complexity index is 1040. The van der Waals surface area contributed by atoms with Crippen LogP contribution in [0.1, 0.15) is 31.2 Å². The van der Waals surface area contributed by atoms with Gasteiger partial charge in [0.25, 0.3) is 0 Å². The molecule has 8 heteroatoms. The lowest BCUT2D eigenvalue weighted by atomic mass is 9.61. The van der Waals surface area contributed by atoms with E-state index in [2.05, 4.69) is 10.3 Å². The molecule has 0 aromatic heterocycles. The number of alkyl halides is 3. The maximum atomic E-state index is 15.3. The van der Waals surface area contributed by atoms with Crippen LogP contribution in [0, 0.1) is 11.3 Å². The molecule has 2 atom stereocenters. The van der Waals surface area contributed by atoms with Crippen LogP contribution < -0.4 is 5.32 Å². The van der Waals surface area contributed by atoms with Gasteiger partial charge in [-0.1, -0.05) is 36.4 Å². The summed E-state index contributed by atoms with van der Waals surface area (Å²) in [5, 5.41) is 2.86. The van der Waals surface area contributed by atoms with Crippen LogP contribution in [0.2, 0.25) is 0 Å². The Kier molecular flexibility index (Phi) is 4.80. The number of fused-ring (bicyclic) bond motifs is 3. The Labute approximate surface area is 184 Å². The minimum Gasteiger partial charge on any atom is -0.355 e. The van der Waals surface area contributed by atoms with Crippen LogP contribution in [0.25, 0.3) is 0 Å². The monoisotopic (exact) mass is 443 g/mol. The highest BCUT2D eigenvalue weighted by atomic mass is 19.4. The summed E-state index contributed by atoms with van der Waals surface area (Å²) in [6.45, 7) is 0.669. The second-order valence-corrected chi connectivity index (χ2v) is 9.10. The van der Waals surface area contributed by atoms with Crippen LogP contribution in [0.4, 0.5) is 13.2 Å². The van der Waals surface area contributed by atoms with Gasteiger partial charge in [0.05, 0.1) is 0 Å². The predicted octanol–water partition coefficient (Wildman–Crippen LogP) is 3.53. The lowest BCUT2D eigenvalue weighted by molar-refractivity contribution is -0.194. The third-order valence-corrected chi connectivity index (χ3v) is 7.66. The largest absolute Gasteiger partial charge is 0.410 e. The molecule has 5 aliphatic heterocycles. The standard InChI is InChI=1S/C24H24F3N3O2/c25-24(26,27)23(16-5-2-1-3-6-16)18-7-4-10-28-14-17(18)19-15-29-20(31)13-22(19)8-11-30(12-9-22)21(23)32/h1-6,10,14,19H,7-9,11-13,15H2,(H,29,31)/t19?,23-/m1/s1. The van der Waals surface area contributed by atoms with E-state index in [4.69, 9.17) is 0 Å². The first-order valence-electron chi connectivity index (χ1n) is 10.9. The number of carbonyl (C=O) groups is 2. The number of nitrogens with one attached hydrogen (secondary N) is 1. The molecular formula is C24H24F3N3O2. The van der Waals surface area contributed by atoms with Crippen molar-refractivity contribution in [1.82, 2.24) is 10.2 Å². The quantitative estimate of drug-likeness (QED) is 0.722. The van der Waals surface area contributed by atoms with Gasteiger partial charge in [-0.3, -0.25) is 14.6 Å². The van der Waals surface area contributed by atoms with Gasteiger partial charge in [-0.15, -0.1) is 0 Å². The highest BCUT2D eigenvalue weighted by Crippen LogP contribution is 2.56. The van der Waals surface area contributed by atoms with Crippen LogP contribution in [0.5, 0.6) is 0 Å². The number of piperidine rings is 2. The molecule has 2 fully saturated rings. The Morgan fingerprint density at radius 3 is 2.50 bits per heavy atom. The molecule has 168 valence electrons. The van der Waals surface area contributed by atoms with Crippen molar-refractivity contribution in [3.63, 3.8) is 0 Å². The number of amides is 2. The minimum absolute atomic E-state index is 0.0259. The van der Waals surface area contributed by atoms with Crippen molar-refractivity contribution in [3.8, 4) is 0 Å². The van der Waals surface area contributed by atoms with Gasteiger partial charge in [-0.2, -0.15) is 13.2 Å². The van der Waals surface area contributed by atoms with Crippen molar-refractivity contribution in [2.45, 2.75) is 37.3 Å². The molecule has 1 unspecified atom stereocenters. The number of rotatable bonds is 1. The fraction of sp³-hybridized carbons (Fsp3) is 0.458. The van der Waals surface area contributed by atoms with E-state index in [1.807, 2.05) is 0 Å². The molecule has 5 heterocycles. The zero-order valence-electron chi connectivity index (χ0n) is 17.5. The zero-order chi connectivity index (χ0) is 22.6. The van der Waals surface area contributed by atoms with Crippen LogP contribution in [-0.2, 0) is 15.0 Å². The molecule has 2 amide bonds. The molecule has 0 aliphatic carbocycles. The van der Waals surface area contributed by atoms with Gasteiger partial charge in [0.15, 0.2) is 5.41 Å². The lowest BCUT2D eigenvalue weighted by Crippen LogP contribution is -2.58. The van der Waals surface area contributed by atoms with Crippen LogP contribution >= 0.6 is 0 Å². The third kappa shape index (κ3) is 2.88. The van der Waals surface area contributed by atoms with Gasteiger partial charge in [0, 0.05) is 44.4 Å². The summed E-state index contributed by atoms with van der Waals surface area (Å²) >= 11 is 0. The number of aliphatic imine (C=N–C) groups is 1. The van der Waals surface area contributed by atoms with Gasteiger partial charge >= 0.3 is 6.18 Å². The molecule has 1 aromatic carbocycles. The molecule has 2 bridgehead atoms. The Morgan fingerprint density at radius 1 is 1.09 bits per heavy atom. The normalized spacial score (nSPS) is 32.5. The van der Waals surface area contributed by atoms with Gasteiger partial charge < -0.3 is 10.2 Å². The number of carbonyl (C=O) groups excluding carboxylic acids is 2. The van der Waals surface area contributed by atoms with Crippen molar-refractivity contribution in [3.05, 3.63) is 59.3 Å². The topological polar surface area (TPSA) is 61.8 Å². The maximum Gasteiger partial charge on any atom is 0.410 e. The molecule has 0 saturated carbocycles. The summed E-state index contributed by atoms with van der Waals surface area (Å²) in [5.74, 6) is -1.35. The number of hydrogen-bond acceptors (Lipinski definition) is 3. The average molecular weight is 443 g/mol. The number of halogens is 3. The van der Waals surface area contributed by atoms with Crippen molar-refractivity contribution in [2.75, 3.05) is 19.6 Å². The smallest absolute Gasteiger partial charge is 0.355 e. The van der Waals surface area contributed by atoms with Crippen LogP contribution in [0.3, 0.4) is 0 Å². The number of hydrogen-bond donors (Lipinski definition) is 1. The molecule has 6 rings (SSSR count). The van der Waals surface area contributed by atoms with E-state index in [0.717, 1.165) is 0 Å². The first-order chi connectivity index (χ1) is 15.3. The van der Waals surface area contributed by atoms with Crippen molar-refractivity contribution in [1.29, 1.82) is 0 Å². The number of allylic oxidation sites excluding steroid dienone is 1. The zero-order valence-corrected chi connectivity index (χ0v) is 17.5. The summed E-state index contributed by atoms with van der Waals surface area (Å²) in [5.41, 5.74) is -2.89. The van der Waals surface area contributed by atoms with E-state index >= 15 is 13.2 Å². The molecular weight excluding hydrogens is 419 g/mol. The summed E-state index contributed by atoms with van der Waals surface area (Å²) in [6, 6.07) is 7.52. The van der Waals surface area contributed by atoms with Crippen molar-refractivity contribution < 1.29 is 22.8 Å². The second kappa shape index (κ2) is 7.32. The Hall–Kier alpha value is -2.90. The summed E-state index contributed by atoms with van der Waals surface area (Å²) < 4.78 is 45.8. The highest BCUT2D eigenvalue weighted by Gasteiger charge is 2.66. The lowest BCUT2D eigenvalue weighted by Gasteiger charge is -2.48. The van der Waals surface area contributed by atoms with E-state index in [1.54, 1.807) is 24.3 Å². The SMILES string of the molecule is O=C1CC23CCN(CC2)C(=O)[C@](c2ccccc2)(C(F)(F)F)C2=C(C=NC=CC2)C3CN1. The molecule has 32 heavy (non-hydrogen) atoms. The number of benzene rings is 1. The summed E-state index contributed by atoms with van der Waals surface area (Å²) in [7, 11) is 0. The van der Waals surface area contributed by atoms with Gasteiger partial charge in [0.2, 0.25) is 11.8 Å². The molecule has 5 nitrogen and oxygen atoms in total. The minimum atomic E-state index is -4.86. The van der Waals surface area contributed by atoms with E-state index in [9.17, 15) is 9.59 Å². The summed E-state index contributed by atoms with van der Waals surface area (Å²) in [4.78, 5) is 31.9. The van der Waals surface area contributed by atoms with Gasteiger partial charge in [-0.05, 0) is 41.4 Å². The Balaban J connectivity index is 1.87. The van der Waals surface area contributed by atoms with Gasteiger partial charge in [0.1, 0.15) is 0 Å². The maximum absolute atomic E-state index is 15.3. The first-order valence-corrected chi connectivity index (χ1v) is 10.9. The van der Waals surface area contributed by atoms with E-state index in [1.165, 1.54) is 29.4 Å². The molecule has 2 saturated heterocycles. The fourth-order valence-corrected chi connectivity index (χ4v) is 6.09. The number of nitrogens with zero attached hydrogens (tertiary/aromatic N) is 2. The van der Waals surface area contributed by atoms with E-state index in [0.29, 0.717) is 18.4 Å². The van der Waals surface area contributed by atoms with E-state index in [-0.39, 0.29) is 55.4 Å². The molecule has 1 spiro atoms. The van der Waals surface area contributed by atoms with Crippen LogP contribution in [0.15, 0.2) is 58.7 Å².